The van der Waals surface area contributed by atoms with Gasteiger partial charge in [-0.05, 0) is 56.2 Å². The Morgan fingerprint density at radius 2 is 2.09 bits per heavy atom. The maximum atomic E-state index is 13.8. The number of hydrogen-bond donors (Lipinski definition) is 0. The van der Waals surface area contributed by atoms with Crippen LogP contribution in [-0.4, -0.2) is 46.8 Å². The number of pyridine rings is 1. The summed E-state index contributed by atoms with van der Waals surface area (Å²) in [7, 11) is 0. The van der Waals surface area contributed by atoms with Gasteiger partial charge in [-0.3, -0.25) is 4.90 Å². The van der Waals surface area contributed by atoms with Gasteiger partial charge in [0.1, 0.15) is 17.2 Å². The Kier molecular flexibility index (Phi) is 4.18. The molecule has 2 aliphatic rings. The van der Waals surface area contributed by atoms with Crippen molar-refractivity contribution in [3.8, 4) is 0 Å². The molecule has 0 atom stereocenters. The normalized spacial score (nSPS) is 19.9. The van der Waals surface area contributed by atoms with Crippen LogP contribution in [0, 0.1) is 9.39 Å². The Morgan fingerprint density at radius 3 is 2.65 bits per heavy atom. The Balaban J connectivity index is 1.73. The highest BCUT2D eigenvalue weighted by Crippen LogP contribution is 2.45. The molecule has 2 fully saturated rings. The molecule has 0 bridgehead atoms. The van der Waals surface area contributed by atoms with Crippen LogP contribution >= 0.6 is 22.6 Å². The number of rotatable bonds is 1. The zero-order valence-corrected chi connectivity index (χ0v) is 15.8. The molecule has 0 unspecified atom stereocenters. The minimum atomic E-state index is -0.495. The highest BCUT2D eigenvalue weighted by atomic mass is 127. The van der Waals surface area contributed by atoms with Crippen LogP contribution in [0.4, 0.5) is 15.0 Å². The summed E-state index contributed by atoms with van der Waals surface area (Å²) in [5.41, 5.74) is -0.674. The Hall–Kier alpha value is -1.12. The van der Waals surface area contributed by atoms with E-state index in [2.05, 4.69) is 9.88 Å². The van der Waals surface area contributed by atoms with Crippen LogP contribution in [0.5, 0.6) is 0 Å². The van der Waals surface area contributed by atoms with E-state index in [9.17, 15) is 9.18 Å². The highest BCUT2D eigenvalue weighted by Gasteiger charge is 2.54. The van der Waals surface area contributed by atoms with Crippen LogP contribution in [-0.2, 0) is 4.74 Å². The van der Waals surface area contributed by atoms with E-state index in [1.807, 2.05) is 48.3 Å². The first-order valence-electron chi connectivity index (χ1n) is 7.77. The van der Waals surface area contributed by atoms with E-state index in [-0.39, 0.29) is 17.4 Å². The number of nitrogens with zero attached hydrogens (tertiary/aromatic N) is 3. The Morgan fingerprint density at radius 1 is 1.39 bits per heavy atom. The predicted octanol–water partition coefficient (Wildman–Crippen LogP) is 3.42. The second kappa shape index (κ2) is 5.75. The molecule has 0 radical (unpaired) electrons. The topological polar surface area (TPSA) is 45.7 Å². The van der Waals surface area contributed by atoms with Crippen molar-refractivity contribution < 1.29 is 13.9 Å². The second-order valence-electron chi connectivity index (χ2n) is 7.23. The van der Waals surface area contributed by atoms with E-state index >= 15 is 0 Å². The summed E-state index contributed by atoms with van der Waals surface area (Å²) in [5.74, 6) is 0.382. The first kappa shape index (κ1) is 16.7. The molecule has 126 valence electrons. The average Bonchev–Trinajstić information content (AvgIpc) is 3.19. The van der Waals surface area contributed by atoms with E-state index in [1.54, 1.807) is 6.20 Å². The summed E-state index contributed by atoms with van der Waals surface area (Å²) in [6.07, 6.45) is 3.20. The monoisotopic (exact) mass is 433 g/mol. The molecular weight excluding hydrogens is 412 g/mol. The van der Waals surface area contributed by atoms with Crippen molar-refractivity contribution in [2.45, 2.75) is 44.8 Å². The minimum Gasteiger partial charge on any atom is -0.444 e. The molecule has 1 aromatic heterocycles. The molecule has 0 aromatic carbocycles. The van der Waals surface area contributed by atoms with Crippen LogP contribution in [0.25, 0.3) is 0 Å². The van der Waals surface area contributed by atoms with Gasteiger partial charge in [-0.2, -0.15) is 0 Å². The predicted molar refractivity (Wildman–Crippen MR) is 94.0 cm³/mol. The lowest BCUT2D eigenvalue weighted by atomic mass is 10.1. The summed E-state index contributed by atoms with van der Waals surface area (Å²) in [5, 5.41) is 0. The van der Waals surface area contributed by atoms with Crippen LogP contribution < -0.4 is 4.90 Å². The lowest BCUT2D eigenvalue weighted by molar-refractivity contribution is 0.0106. The van der Waals surface area contributed by atoms with Crippen molar-refractivity contribution >= 4 is 34.5 Å². The number of halogens is 2. The molecule has 7 heteroatoms. The smallest absolute Gasteiger partial charge is 0.410 e. The molecule has 2 heterocycles. The van der Waals surface area contributed by atoms with E-state index in [1.165, 1.54) is 6.07 Å². The lowest BCUT2D eigenvalue weighted by Crippen LogP contribution is -2.58. The molecule has 1 saturated heterocycles. The maximum Gasteiger partial charge on any atom is 0.410 e. The molecular formula is C16H21FIN3O2. The molecule has 1 aliphatic carbocycles. The van der Waals surface area contributed by atoms with Crippen molar-refractivity contribution in [3.63, 3.8) is 0 Å². The molecule has 3 rings (SSSR count). The van der Waals surface area contributed by atoms with Crippen molar-refractivity contribution in [1.29, 1.82) is 0 Å². The third kappa shape index (κ3) is 3.54. The van der Waals surface area contributed by atoms with Crippen molar-refractivity contribution in [2.75, 3.05) is 24.5 Å². The van der Waals surface area contributed by atoms with Gasteiger partial charge in [0.25, 0.3) is 0 Å². The van der Waals surface area contributed by atoms with Crippen molar-refractivity contribution in [3.05, 3.63) is 21.7 Å². The van der Waals surface area contributed by atoms with Gasteiger partial charge in [0, 0.05) is 31.9 Å². The fourth-order valence-corrected chi connectivity index (χ4v) is 3.22. The van der Waals surface area contributed by atoms with Gasteiger partial charge in [-0.1, -0.05) is 0 Å². The first-order valence-corrected chi connectivity index (χ1v) is 8.85. The van der Waals surface area contributed by atoms with Gasteiger partial charge in [0.2, 0.25) is 0 Å². The largest absolute Gasteiger partial charge is 0.444 e. The molecule has 0 N–H and O–H groups in total. The molecule has 1 aromatic rings. The molecule has 1 saturated carbocycles. The fraction of sp³-hybridized carbons (Fsp3) is 0.625. The molecule has 23 heavy (non-hydrogen) atoms. The standard InChI is InChI=1S/C16H21FIN3O2/c1-15(2,3)23-14(22)21-7-6-20(10-16(21)4-5-16)13-8-11(17)12(18)9-19-13/h8-9H,4-7,10H2,1-3H3. The van der Waals surface area contributed by atoms with Gasteiger partial charge in [0.05, 0.1) is 9.11 Å². The molecule has 1 aliphatic heterocycles. The third-order valence-electron chi connectivity index (χ3n) is 4.21. The quantitative estimate of drug-likeness (QED) is 0.637. The molecule has 5 nitrogen and oxygen atoms in total. The SMILES string of the molecule is CC(C)(C)OC(=O)N1CCN(c2cc(F)c(I)cn2)CC12CC2. The number of ether oxygens (including phenoxy) is 1. The van der Waals surface area contributed by atoms with Gasteiger partial charge in [-0.15, -0.1) is 0 Å². The maximum absolute atomic E-state index is 13.8. The van der Waals surface area contributed by atoms with E-state index in [4.69, 9.17) is 4.74 Å². The van der Waals surface area contributed by atoms with Gasteiger partial charge >= 0.3 is 6.09 Å². The Labute approximate surface area is 149 Å². The number of amides is 1. The zero-order chi connectivity index (χ0) is 16.8. The summed E-state index contributed by atoms with van der Waals surface area (Å²) < 4.78 is 19.8. The number of carbonyl (C=O) groups is 1. The fourth-order valence-electron chi connectivity index (χ4n) is 2.92. The molecule has 1 amide bonds. The zero-order valence-electron chi connectivity index (χ0n) is 13.6. The number of piperazine rings is 1. The number of carbonyl (C=O) groups excluding carboxylic acids is 1. The average molecular weight is 433 g/mol. The Bertz CT molecular complexity index is 628. The van der Waals surface area contributed by atoms with Crippen LogP contribution in [0.2, 0.25) is 0 Å². The number of hydrogen-bond acceptors (Lipinski definition) is 4. The van der Waals surface area contributed by atoms with Crippen molar-refractivity contribution in [1.82, 2.24) is 9.88 Å². The summed E-state index contributed by atoms with van der Waals surface area (Å²) in [4.78, 5) is 20.7. The van der Waals surface area contributed by atoms with E-state index in [0.29, 0.717) is 29.0 Å². The van der Waals surface area contributed by atoms with Crippen molar-refractivity contribution in [2.24, 2.45) is 0 Å². The van der Waals surface area contributed by atoms with Crippen LogP contribution in [0.3, 0.4) is 0 Å². The van der Waals surface area contributed by atoms with Gasteiger partial charge in [0.15, 0.2) is 0 Å². The summed E-state index contributed by atoms with van der Waals surface area (Å²) in [6.45, 7) is 7.51. The number of anilines is 1. The first-order chi connectivity index (χ1) is 10.7. The summed E-state index contributed by atoms with van der Waals surface area (Å²) in [6, 6.07) is 1.47. The minimum absolute atomic E-state index is 0.179. The molecule has 1 spiro atoms. The lowest BCUT2D eigenvalue weighted by Gasteiger charge is -2.42. The summed E-state index contributed by atoms with van der Waals surface area (Å²) >= 11 is 1.93. The third-order valence-corrected chi connectivity index (χ3v) is 5.00. The van der Waals surface area contributed by atoms with Crippen LogP contribution in [0.1, 0.15) is 33.6 Å². The van der Waals surface area contributed by atoms with E-state index in [0.717, 1.165) is 12.8 Å². The van der Waals surface area contributed by atoms with E-state index < -0.39 is 5.60 Å². The van der Waals surface area contributed by atoms with Gasteiger partial charge in [-0.25, -0.2) is 14.2 Å². The van der Waals surface area contributed by atoms with Crippen LogP contribution in [0.15, 0.2) is 12.3 Å². The highest BCUT2D eigenvalue weighted by molar-refractivity contribution is 14.1. The van der Waals surface area contributed by atoms with Gasteiger partial charge < -0.3 is 9.64 Å². The second-order valence-corrected chi connectivity index (χ2v) is 8.40. The number of aromatic nitrogens is 1.